The molecule has 2 aromatic carbocycles. The number of halogens is 1. The number of nitrogens with two attached hydrogens (primary N) is 1. The zero-order chi connectivity index (χ0) is 13.1. The van der Waals surface area contributed by atoms with E-state index in [-0.39, 0.29) is 5.84 Å². The van der Waals surface area contributed by atoms with Crippen molar-refractivity contribution in [1.29, 1.82) is 5.41 Å². The summed E-state index contributed by atoms with van der Waals surface area (Å²) < 4.78 is 5.70. The van der Waals surface area contributed by atoms with Gasteiger partial charge in [-0.05, 0) is 31.2 Å². The standard InChI is InChI=1S/C14H13ClN2O/c1-9-2-5-11(6-3-9)18-13-8-10(15)4-7-12(13)14(16)17/h2-8H,1H3,(H3,16,17). The van der Waals surface area contributed by atoms with Crippen molar-refractivity contribution in [3.63, 3.8) is 0 Å². The van der Waals surface area contributed by atoms with Gasteiger partial charge >= 0.3 is 0 Å². The van der Waals surface area contributed by atoms with Crippen LogP contribution in [0, 0.1) is 12.3 Å². The molecule has 0 saturated carbocycles. The van der Waals surface area contributed by atoms with Gasteiger partial charge in [0.1, 0.15) is 17.3 Å². The van der Waals surface area contributed by atoms with Crippen molar-refractivity contribution >= 4 is 17.4 Å². The summed E-state index contributed by atoms with van der Waals surface area (Å²) in [6, 6.07) is 12.6. The van der Waals surface area contributed by atoms with E-state index in [0.717, 1.165) is 5.56 Å². The smallest absolute Gasteiger partial charge is 0.139 e. The highest BCUT2D eigenvalue weighted by Gasteiger charge is 2.08. The Hall–Kier alpha value is -2.00. The lowest BCUT2D eigenvalue weighted by Crippen LogP contribution is -2.12. The lowest BCUT2D eigenvalue weighted by Gasteiger charge is -2.10. The van der Waals surface area contributed by atoms with Gasteiger partial charge in [-0.3, -0.25) is 5.41 Å². The SMILES string of the molecule is Cc1ccc(Oc2cc(Cl)ccc2C(=N)N)cc1. The highest BCUT2D eigenvalue weighted by Crippen LogP contribution is 2.28. The van der Waals surface area contributed by atoms with Gasteiger partial charge in [0.2, 0.25) is 0 Å². The highest BCUT2D eigenvalue weighted by molar-refractivity contribution is 6.30. The van der Waals surface area contributed by atoms with Crippen LogP contribution >= 0.6 is 11.6 Å². The van der Waals surface area contributed by atoms with E-state index in [1.807, 2.05) is 31.2 Å². The number of amidine groups is 1. The fourth-order valence-electron chi connectivity index (χ4n) is 1.54. The first-order chi connectivity index (χ1) is 8.56. The number of nitrogens with one attached hydrogen (secondary N) is 1. The van der Waals surface area contributed by atoms with E-state index in [2.05, 4.69) is 0 Å². The van der Waals surface area contributed by atoms with Crippen molar-refractivity contribution in [2.45, 2.75) is 6.92 Å². The second kappa shape index (κ2) is 5.10. The Labute approximate surface area is 111 Å². The topological polar surface area (TPSA) is 59.1 Å². The molecule has 4 heteroatoms. The summed E-state index contributed by atoms with van der Waals surface area (Å²) in [4.78, 5) is 0. The Kier molecular flexibility index (Phi) is 3.53. The Morgan fingerprint density at radius 1 is 1.17 bits per heavy atom. The monoisotopic (exact) mass is 260 g/mol. The molecular weight excluding hydrogens is 248 g/mol. The van der Waals surface area contributed by atoms with Gasteiger partial charge in [0.25, 0.3) is 0 Å². The summed E-state index contributed by atoms with van der Waals surface area (Å²) in [6.07, 6.45) is 0. The van der Waals surface area contributed by atoms with Crippen LogP contribution in [0.25, 0.3) is 0 Å². The summed E-state index contributed by atoms with van der Waals surface area (Å²) in [7, 11) is 0. The molecule has 0 unspecified atom stereocenters. The molecule has 0 radical (unpaired) electrons. The molecule has 0 spiro atoms. The molecule has 0 aliphatic carbocycles. The van der Waals surface area contributed by atoms with Crippen LogP contribution in [0.2, 0.25) is 5.02 Å². The zero-order valence-electron chi connectivity index (χ0n) is 9.91. The van der Waals surface area contributed by atoms with Crippen LogP contribution in [-0.4, -0.2) is 5.84 Å². The Bertz CT molecular complexity index is 579. The molecule has 18 heavy (non-hydrogen) atoms. The Balaban J connectivity index is 2.35. The van der Waals surface area contributed by atoms with Gasteiger partial charge in [-0.2, -0.15) is 0 Å². The van der Waals surface area contributed by atoms with Gasteiger partial charge in [0.05, 0.1) is 5.56 Å². The molecule has 3 nitrogen and oxygen atoms in total. The molecular formula is C14H13ClN2O. The van der Waals surface area contributed by atoms with Gasteiger partial charge in [-0.1, -0.05) is 29.3 Å². The van der Waals surface area contributed by atoms with Crippen LogP contribution in [0.4, 0.5) is 0 Å². The van der Waals surface area contributed by atoms with Crippen molar-refractivity contribution in [2.24, 2.45) is 5.73 Å². The van der Waals surface area contributed by atoms with Gasteiger partial charge in [-0.15, -0.1) is 0 Å². The van der Waals surface area contributed by atoms with Crippen molar-refractivity contribution in [3.05, 3.63) is 58.6 Å². The van der Waals surface area contributed by atoms with E-state index < -0.39 is 0 Å². The van der Waals surface area contributed by atoms with E-state index in [0.29, 0.717) is 22.1 Å². The molecule has 0 atom stereocenters. The average molecular weight is 261 g/mol. The zero-order valence-corrected chi connectivity index (χ0v) is 10.7. The fourth-order valence-corrected chi connectivity index (χ4v) is 1.70. The fraction of sp³-hybridized carbons (Fsp3) is 0.0714. The lowest BCUT2D eigenvalue weighted by atomic mass is 10.2. The van der Waals surface area contributed by atoms with Gasteiger partial charge in [0, 0.05) is 11.1 Å². The molecule has 0 saturated heterocycles. The minimum atomic E-state index is -0.0474. The maximum Gasteiger partial charge on any atom is 0.139 e. The first kappa shape index (κ1) is 12.5. The van der Waals surface area contributed by atoms with Gasteiger partial charge in [-0.25, -0.2) is 0 Å². The van der Waals surface area contributed by atoms with Crippen LogP contribution < -0.4 is 10.5 Å². The number of rotatable bonds is 3. The molecule has 0 fully saturated rings. The third-order valence-corrected chi connectivity index (χ3v) is 2.72. The molecule has 3 N–H and O–H groups in total. The van der Waals surface area contributed by atoms with Crippen LogP contribution in [-0.2, 0) is 0 Å². The van der Waals surface area contributed by atoms with E-state index in [1.165, 1.54) is 0 Å². The van der Waals surface area contributed by atoms with Crippen LogP contribution in [0.5, 0.6) is 11.5 Å². The quantitative estimate of drug-likeness (QED) is 0.653. The van der Waals surface area contributed by atoms with E-state index in [1.54, 1.807) is 18.2 Å². The second-order valence-electron chi connectivity index (χ2n) is 3.97. The first-order valence-electron chi connectivity index (χ1n) is 5.45. The second-order valence-corrected chi connectivity index (χ2v) is 4.41. The van der Waals surface area contributed by atoms with Gasteiger partial charge < -0.3 is 10.5 Å². The van der Waals surface area contributed by atoms with Crippen molar-refractivity contribution < 1.29 is 4.74 Å². The van der Waals surface area contributed by atoms with Gasteiger partial charge in [0.15, 0.2) is 0 Å². The predicted molar refractivity (Wildman–Crippen MR) is 73.7 cm³/mol. The maximum atomic E-state index is 7.50. The number of aryl methyl sites for hydroxylation is 1. The van der Waals surface area contributed by atoms with Crippen molar-refractivity contribution in [1.82, 2.24) is 0 Å². The molecule has 0 aromatic heterocycles. The molecule has 0 aliphatic heterocycles. The van der Waals surface area contributed by atoms with E-state index >= 15 is 0 Å². The molecule has 0 bridgehead atoms. The number of hydrogen-bond acceptors (Lipinski definition) is 2. The third kappa shape index (κ3) is 2.81. The van der Waals surface area contributed by atoms with E-state index in [9.17, 15) is 0 Å². The maximum absolute atomic E-state index is 7.50. The summed E-state index contributed by atoms with van der Waals surface area (Å²) in [5.74, 6) is 1.12. The Morgan fingerprint density at radius 2 is 1.83 bits per heavy atom. The molecule has 0 heterocycles. The number of nitrogen functional groups attached to an aromatic ring is 1. The largest absolute Gasteiger partial charge is 0.457 e. The van der Waals surface area contributed by atoms with Crippen LogP contribution in [0.1, 0.15) is 11.1 Å². The lowest BCUT2D eigenvalue weighted by molar-refractivity contribution is 0.481. The summed E-state index contributed by atoms with van der Waals surface area (Å²) in [5.41, 5.74) is 7.18. The number of hydrogen-bond donors (Lipinski definition) is 2. The molecule has 0 aliphatic rings. The van der Waals surface area contributed by atoms with Crippen LogP contribution in [0.15, 0.2) is 42.5 Å². The molecule has 92 valence electrons. The highest BCUT2D eigenvalue weighted by atomic mass is 35.5. The summed E-state index contributed by atoms with van der Waals surface area (Å²) in [5, 5.41) is 8.04. The average Bonchev–Trinajstić information content (AvgIpc) is 2.32. The molecule has 2 rings (SSSR count). The number of benzene rings is 2. The van der Waals surface area contributed by atoms with Crippen LogP contribution in [0.3, 0.4) is 0 Å². The normalized spacial score (nSPS) is 10.1. The minimum Gasteiger partial charge on any atom is -0.457 e. The third-order valence-electron chi connectivity index (χ3n) is 2.48. The summed E-state index contributed by atoms with van der Waals surface area (Å²) in [6.45, 7) is 2.00. The Morgan fingerprint density at radius 3 is 2.44 bits per heavy atom. The summed E-state index contributed by atoms with van der Waals surface area (Å²) >= 11 is 5.92. The number of ether oxygens (including phenoxy) is 1. The first-order valence-corrected chi connectivity index (χ1v) is 5.82. The molecule has 0 amide bonds. The minimum absolute atomic E-state index is 0.0474. The molecule has 2 aromatic rings. The van der Waals surface area contributed by atoms with E-state index in [4.69, 9.17) is 27.5 Å². The van der Waals surface area contributed by atoms with Crippen molar-refractivity contribution in [3.8, 4) is 11.5 Å². The predicted octanol–water partition coefficient (Wildman–Crippen LogP) is 3.72. The van der Waals surface area contributed by atoms with Crippen molar-refractivity contribution in [2.75, 3.05) is 0 Å².